The van der Waals surface area contributed by atoms with Crippen molar-refractivity contribution in [3.05, 3.63) is 76.5 Å². The van der Waals surface area contributed by atoms with Crippen LogP contribution in [0.2, 0.25) is 0 Å². The van der Waals surface area contributed by atoms with Crippen molar-refractivity contribution >= 4 is 22.5 Å². The lowest BCUT2D eigenvalue weighted by molar-refractivity contribution is 0.0996. The van der Waals surface area contributed by atoms with Gasteiger partial charge in [0.2, 0.25) is 0 Å². The van der Waals surface area contributed by atoms with E-state index in [1.54, 1.807) is 22.0 Å². The molecule has 4 heterocycles. The van der Waals surface area contributed by atoms with Crippen LogP contribution in [0.4, 0.5) is 14.5 Å². The van der Waals surface area contributed by atoms with Crippen molar-refractivity contribution in [2.24, 2.45) is 18.9 Å². The highest BCUT2D eigenvalue weighted by Crippen LogP contribution is 2.53. The van der Waals surface area contributed by atoms with Gasteiger partial charge in [-0.3, -0.25) is 14.4 Å². The molecule has 9 heteroatoms. The molecule has 3 aliphatic rings. The number of aromatic nitrogens is 4. The van der Waals surface area contributed by atoms with Crippen molar-refractivity contribution in [2.75, 3.05) is 18.0 Å². The van der Waals surface area contributed by atoms with Crippen molar-refractivity contribution in [3.63, 3.8) is 0 Å². The van der Waals surface area contributed by atoms with Crippen LogP contribution in [0.25, 0.3) is 10.9 Å². The van der Waals surface area contributed by atoms with Crippen LogP contribution < -0.4 is 4.90 Å². The highest BCUT2D eigenvalue weighted by Gasteiger charge is 2.48. The van der Waals surface area contributed by atoms with Crippen molar-refractivity contribution in [3.8, 4) is 0 Å². The highest BCUT2D eigenvalue weighted by molar-refractivity contribution is 6.14. The number of halogens is 2. The number of carbonyl (C=O) groups is 1. The fraction of sp³-hybridized carbons (Fsp3) is 0.500. The molecular weight excluding hydrogens is 546 g/mol. The summed E-state index contributed by atoms with van der Waals surface area (Å²) < 4.78 is 33.0. The minimum absolute atomic E-state index is 0.0195. The lowest BCUT2D eigenvalue weighted by Crippen LogP contribution is -2.42. The molecule has 7 rings (SSSR count). The standard InChI is InChI=1S/C34H40F2N6O/c1-5-41-10-8-25-29(41)13-24(34(15-22(3)16-34)33-37-20-39(4)38-33)14-30(25)42-19-28-26(31(35)36)11-23(12-27(28)32(42)43)18-40-9-6-7-21(2)17-40/h8,10-14,20-22,31H,5-7,9,15-19H2,1-4H3/t21-,22?,34?/m0/s1. The van der Waals surface area contributed by atoms with E-state index in [2.05, 4.69) is 47.4 Å². The number of amides is 1. The average Bonchev–Trinajstić information content (AvgIpc) is 3.67. The molecular formula is C34H40F2N6O. The number of aryl methyl sites for hydroxylation is 2. The van der Waals surface area contributed by atoms with E-state index in [0.717, 1.165) is 72.4 Å². The summed E-state index contributed by atoms with van der Waals surface area (Å²) in [4.78, 5) is 22.9. The zero-order chi connectivity index (χ0) is 30.0. The van der Waals surface area contributed by atoms with Crippen LogP contribution in [-0.4, -0.2) is 43.2 Å². The zero-order valence-corrected chi connectivity index (χ0v) is 25.5. The maximum Gasteiger partial charge on any atom is 0.264 e. The van der Waals surface area contributed by atoms with Crippen molar-refractivity contribution in [1.82, 2.24) is 24.2 Å². The van der Waals surface area contributed by atoms with Gasteiger partial charge in [-0.1, -0.05) is 13.8 Å². The van der Waals surface area contributed by atoms with Crippen LogP contribution in [-0.2, 0) is 32.1 Å². The minimum Gasteiger partial charge on any atom is -0.348 e. The third kappa shape index (κ3) is 4.67. The predicted octanol–water partition coefficient (Wildman–Crippen LogP) is 6.84. The molecule has 2 aromatic carbocycles. The van der Waals surface area contributed by atoms with Gasteiger partial charge < -0.3 is 9.47 Å². The summed E-state index contributed by atoms with van der Waals surface area (Å²) in [5.74, 6) is 1.69. The molecule has 2 fully saturated rings. The quantitative estimate of drug-likeness (QED) is 0.238. The Labute approximate surface area is 251 Å². The van der Waals surface area contributed by atoms with Crippen LogP contribution >= 0.6 is 0 Å². The van der Waals surface area contributed by atoms with Crippen LogP contribution in [0.1, 0.15) is 91.3 Å². The molecule has 0 bridgehead atoms. The first-order chi connectivity index (χ1) is 20.7. The Bertz CT molecular complexity index is 1700. The Morgan fingerprint density at radius 2 is 1.93 bits per heavy atom. The van der Waals surface area contributed by atoms with Gasteiger partial charge in [-0.05, 0) is 98.0 Å². The number of hydrogen-bond acceptors (Lipinski definition) is 4. The fourth-order valence-electron chi connectivity index (χ4n) is 7.96. The van der Waals surface area contributed by atoms with E-state index < -0.39 is 6.43 Å². The molecule has 1 atom stereocenters. The molecule has 4 aromatic rings. The second-order valence-corrected chi connectivity index (χ2v) is 13.3. The number of benzene rings is 2. The Morgan fingerprint density at radius 1 is 1.12 bits per heavy atom. The van der Waals surface area contributed by atoms with E-state index in [4.69, 9.17) is 5.10 Å². The van der Waals surface area contributed by atoms with Gasteiger partial charge in [0.25, 0.3) is 12.3 Å². The number of piperidine rings is 1. The van der Waals surface area contributed by atoms with Gasteiger partial charge in [0, 0.05) is 49.4 Å². The molecule has 1 aliphatic carbocycles. The van der Waals surface area contributed by atoms with Gasteiger partial charge >= 0.3 is 0 Å². The van der Waals surface area contributed by atoms with Crippen molar-refractivity contribution in [2.45, 2.75) is 77.9 Å². The third-order valence-electron chi connectivity index (χ3n) is 9.99. The Kier molecular flexibility index (Phi) is 6.91. The predicted molar refractivity (Wildman–Crippen MR) is 163 cm³/mol. The number of rotatable bonds is 7. The van der Waals surface area contributed by atoms with E-state index in [1.807, 2.05) is 25.4 Å². The van der Waals surface area contributed by atoms with Crippen molar-refractivity contribution in [1.29, 1.82) is 0 Å². The number of fused-ring (bicyclic) bond motifs is 2. The number of anilines is 1. The Balaban J connectivity index is 1.32. The average molecular weight is 587 g/mol. The number of alkyl halides is 2. The molecule has 1 saturated heterocycles. The molecule has 1 amide bonds. The summed E-state index contributed by atoms with van der Waals surface area (Å²) in [7, 11) is 1.88. The molecule has 2 aromatic heterocycles. The molecule has 2 aliphatic heterocycles. The SMILES string of the molecule is CCn1ccc2c(N3Cc4c(cc(CN5CCC[C@H](C)C5)cc4C(F)F)C3=O)cc(C3(c4ncn(C)n4)CC(C)C3)cc21. The summed E-state index contributed by atoms with van der Waals surface area (Å²) in [5.41, 5.74) is 4.14. The summed E-state index contributed by atoms with van der Waals surface area (Å²) in [6, 6.07) is 9.87. The lowest BCUT2D eigenvalue weighted by atomic mass is 9.58. The van der Waals surface area contributed by atoms with Gasteiger partial charge in [0.1, 0.15) is 6.33 Å². The maximum absolute atomic E-state index is 14.5. The summed E-state index contributed by atoms with van der Waals surface area (Å²) in [6.07, 6.45) is 5.27. The minimum atomic E-state index is -2.65. The summed E-state index contributed by atoms with van der Waals surface area (Å²) in [5, 5.41) is 5.67. The summed E-state index contributed by atoms with van der Waals surface area (Å²) in [6.45, 7) is 9.98. The number of likely N-dealkylation sites (tertiary alicyclic amines) is 1. The molecule has 0 radical (unpaired) electrons. The van der Waals surface area contributed by atoms with E-state index in [0.29, 0.717) is 29.5 Å². The lowest BCUT2D eigenvalue weighted by Gasteiger charge is -2.45. The smallest absolute Gasteiger partial charge is 0.264 e. The molecule has 7 nitrogen and oxygen atoms in total. The van der Waals surface area contributed by atoms with E-state index >= 15 is 0 Å². The highest BCUT2D eigenvalue weighted by atomic mass is 19.3. The second-order valence-electron chi connectivity index (χ2n) is 13.3. The van der Waals surface area contributed by atoms with E-state index in [-0.39, 0.29) is 23.4 Å². The monoisotopic (exact) mass is 586 g/mol. The molecule has 1 saturated carbocycles. The maximum atomic E-state index is 14.5. The second kappa shape index (κ2) is 10.5. The Morgan fingerprint density at radius 3 is 2.60 bits per heavy atom. The first-order valence-corrected chi connectivity index (χ1v) is 15.6. The third-order valence-corrected chi connectivity index (χ3v) is 9.99. The molecule has 0 spiro atoms. The van der Waals surface area contributed by atoms with Crippen LogP contribution in [0.15, 0.2) is 42.9 Å². The van der Waals surface area contributed by atoms with Gasteiger partial charge in [0.05, 0.1) is 23.2 Å². The van der Waals surface area contributed by atoms with Crippen LogP contribution in [0.3, 0.4) is 0 Å². The van der Waals surface area contributed by atoms with Crippen LogP contribution in [0.5, 0.6) is 0 Å². The largest absolute Gasteiger partial charge is 0.348 e. The first-order valence-electron chi connectivity index (χ1n) is 15.6. The number of nitrogens with zero attached hydrogens (tertiary/aromatic N) is 6. The topological polar surface area (TPSA) is 59.2 Å². The molecule has 226 valence electrons. The molecule has 43 heavy (non-hydrogen) atoms. The van der Waals surface area contributed by atoms with E-state index in [9.17, 15) is 13.6 Å². The van der Waals surface area contributed by atoms with Crippen LogP contribution in [0, 0.1) is 11.8 Å². The van der Waals surface area contributed by atoms with Gasteiger partial charge in [-0.25, -0.2) is 13.8 Å². The number of carbonyl (C=O) groups excluding carboxylic acids is 1. The molecule has 0 N–H and O–H groups in total. The fourth-order valence-corrected chi connectivity index (χ4v) is 7.96. The summed E-state index contributed by atoms with van der Waals surface area (Å²) >= 11 is 0. The van der Waals surface area contributed by atoms with E-state index in [1.165, 1.54) is 6.42 Å². The zero-order valence-electron chi connectivity index (χ0n) is 25.5. The van der Waals surface area contributed by atoms with Crippen molar-refractivity contribution < 1.29 is 13.6 Å². The normalized spacial score (nSPS) is 24.3. The number of hydrogen-bond donors (Lipinski definition) is 0. The molecule has 0 unspecified atom stereocenters. The van der Waals surface area contributed by atoms with Gasteiger partial charge in [0.15, 0.2) is 5.82 Å². The first kappa shape index (κ1) is 28.2. The Hall–Kier alpha value is -3.59. The van der Waals surface area contributed by atoms with Gasteiger partial charge in [-0.2, -0.15) is 5.10 Å². The van der Waals surface area contributed by atoms with Gasteiger partial charge in [-0.15, -0.1) is 0 Å².